The number of amides is 2. The van der Waals surface area contributed by atoms with Gasteiger partial charge >= 0.3 is 0 Å². The number of hydrogen-bond donors (Lipinski definition) is 0. The van der Waals surface area contributed by atoms with Crippen molar-refractivity contribution in [2.75, 3.05) is 28.2 Å². The highest BCUT2D eigenvalue weighted by molar-refractivity contribution is 5.81. The number of carbonyl (C=O) groups excluding carboxylic acids is 2. The van der Waals surface area contributed by atoms with Crippen molar-refractivity contribution >= 4 is 11.8 Å². The average Bonchev–Trinajstić information content (AvgIpc) is 2.12. The maximum Gasteiger partial charge on any atom is 0.225 e. The summed E-state index contributed by atoms with van der Waals surface area (Å²) in [5.74, 6) is 0.914. The lowest BCUT2D eigenvalue weighted by Crippen LogP contribution is -2.54. The summed E-state index contributed by atoms with van der Waals surface area (Å²) in [5, 5.41) is 0. The molecule has 0 bridgehead atoms. The summed E-state index contributed by atoms with van der Waals surface area (Å²) in [4.78, 5) is 26.8. The Balaban J connectivity index is 1.79. The molecular formula is C13H22N2O2. The molecule has 0 aromatic carbocycles. The van der Waals surface area contributed by atoms with E-state index in [1.807, 2.05) is 28.2 Å². The third-order valence-electron chi connectivity index (χ3n) is 4.30. The van der Waals surface area contributed by atoms with Crippen molar-refractivity contribution in [3.05, 3.63) is 0 Å². The fourth-order valence-corrected chi connectivity index (χ4v) is 3.38. The minimum Gasteiger partial charge on any atom is -0.349 e. The first-order valence-corrected chi connectivity index (χ1v) is 6.27. The molecule has 0 heterocycles. The van der Waals surface area contributed by atoms with Crippen LogP contribution in [0.3, 0.4) is 0 Å². The van der Waals surface area contributed by atoms with E-state index in [1.54, 1.807) is 9.80 Å². The molecule has 2 aliphatic rings. The monoisotopic (exact) mass is 238 g/mol. The van der Waals surface area contributed by atoms with Crippen molar-refractivity contribution in [3.63, 3.8) is 0 Å². The zero-order valence-corrected chi connectivity index (χ0v) is 11.2. The van der Waals surface area contributed by atoms with Gasteiger partial charge in [-0.05, 0) is 31.1 Å². The molecular weight excluding hydrogens is 216 g/mol. The van der Waals surface area contributed by atoms with Crippen LogP contribution in [0.1, 0.15) is 25.7 Å². The van der Waals surface area contributed by atoms with Crippen LogP contribution in [0, 0.1) is 17.3 Å². The van der Waals surface area contributed by atoms with Crippen LogP contribution in [-0.2, 0) is 9.59 Å². The largest absolute Gasteiger partial charge is 0.349 e. The SMILES string of the molecule is CN(C)C(=O)C1CC2(C1)CC(C(=O)N(C)C)C2. The van der Waals surface area contributed by atoms with E-state index in [1.165, 1.54) is 0 Å². The molecule has 0 atom stereocenters. The van der Waals surface area contributed by atoms with Crippen LogP contribution >= 0.6 is 0 Å². The fourth-order valence-electron chi connectivity index (χ4n) is 3.38. The fraction of sp³-hybridized carbons (Fsp3) is 0.846. The van der Waals surface area contributed by atoms with Gasteiger partial charge in [0.15, 0.2) is 0 Å². The van der Waals surface area contributed by atoms with Gasteiger partial charge in [0.25, 0.3) is 0 Å². The molecule has 2 aliphatic carbocycles. The smallest absolute Gasteiger partial charge is 0.225 e. The van der Waals surface area contributed by atoms with Gasteiger partial charge in [0.2, 0.25) is 11.8 Å². The van der Waals surface area contributed by atoms with E-state index in [4.69, 9.17) is 0 Å². The van der Waals surface area contributed by atoms with Gasteiger partial charge in [0.05, 0.1) is 0 Å². The van der Waals surface area contributed by atoms with Gasteiger partial charge in [-0.2, -0.15) is 0 Å². The van der Waals surface area contributed by atoms with E-state index in [9.17, 15) is 9.59 Å². The number of hydrogen-bond acceptors (Lipinski definition) is 2. The van der Waals surface area contributed by atoms with Gasteiger partial charge in [-0.15, -0.1) is 0 Å². The second kappa shape index (κ2) is 4.00. The molecule has 2 saturated carbocycles. The van der Waals surface area contributed by atoms with Crippen LogP contribution in [0.15, 0.2) is 0 Å². The Morgan fingerprint density at radius 2 is 1.12 bits per heavy atom. The molecule has 0 aromatic heterocycles. The van der Waals surface area contributed by atoms with Gasteiger partial charge in [-0.25, -0.2) is 0 Å². The van der Waals surface area contributed by atoms with Crippen LogP contribution < -0.4 is 0 Å². The molecule has 0 N–H and O–H groups in total. The minimum atomic E-state index is 0.209. The Kier molecular flexibility index (Phi) is 2.92. The summed E-state index contributed by atoms with van der Waals surface area (Å²) >= 11 is 0. The van der Waals surface area contributed by atoms with Crippen LogP contribution in [0.5, 0.6) is 0 Å². The van der Waals surface area contributed by atoms with Crippen molar-refractivity contribution in [2.45, 2.75) is 25.7 Å². The van der Waals surface area contributed by atoms with Crippen LogP contribution in [0.4, 0.5) is 0 Å². The molecule has 1 spiro atoms. The molecule has 2 fully saturated rings. The third kappa shape index (κ3) is 2.05. The van der Waals surface area contributed by atoms with Gasteiger partial charge in [-0.3, -0.25) is 9.59 Å². The molecule has 4 nitrogen and oxygen atoms in total. The summed E-state index contributed by atoms with van der Waals surface area (Å²) < 4.78 is 0. The standard InChI is InChI=1S/C13H22N2O2/c1-14(2)11(16)9-5-13(6-9)7-10(8-13)12(17)15(3)4/h9-10H,5-8H2,1-4H3. The summed E-state index contributed by atoms with van der Waals surface area (Å²) in [6, 6.07) is 0. The topological polar surface area (TPSA) is 40.6 Å². The molecule has 96 valence electrons. The van der Waals surface area contributed by atoms with E-state index in [-0.39, 0.29) is 23.7 Å². The molecule has 0 saturated heterocycles. The van der Waals surface area contributed by atoms with Crippen molar-refractivity contribution < 1.29 is 9.59 Å². The predicted octanol–water partition coefficient (Wildman–Crippen LogP) is 0.969. The van der Waals surface area contributed by atoms with Gasteiger partial charge in [-0.1, -0.05) is 0 Å². The van der Waals surface area contributed by atoms with E-state index >= 15 is 0 Å². The zero-order chi connectivity index (χ0) is 12.8. The average molecular weight is 238 g/mol. The Morgan fingerprint density at radius 3 is 1.35 bits per heavy atom. The first kappa shape index (κ1) is 12.4. The second-order valence-electron chi connectivity index (χ2n) is 6.18. The number of nitrogens with zero attached hydrogens (tertiary/aromatic N) is 2. The summed E-state index contributed by atoms with van der Waals surface area (Å²) in [7, 11) is 7.25. The van der Waals surface area contributed by atoms with Gasteiger partial charge < -0.3 is 9.80 Å². The number of rotatable bonds is 2. The van der Waals surface area contributed by atoms with Crippen molar-refractivity contribution in [1.29, 1.82) is 0 Å². The van der Waals surface area contributed by atoms with Crippen molar-refractivity contribution in [1.82, 2.24) is 9.80 Å². The summed E-state index contributed by atoms with van der Waals surface area (Å²) in [5.41, 5.74) is 0.326. The molecule has 0 aromatic rings. The minimum absolute atomic E-state index is 0.209. The molecule has 2 rings (SSSR count). The lowest BCUT2D eigenvalue weighted by atomic mass is 9.48. The molecule has 2 amide bonds. The lowest BCUT2D eigenvalue weighted by molar-refractivity contribution is -0.157. The third-order valence-corrected chi connectivity index (χ3v) is 4.30. The van der Waals surface area contributed by atoms with Crippen LogP contribution in [0.2, 0.25) is 0 Å². The Bertz CT molecular complexity index is 300. The lowest BCUT2D eigenvalue weighted by Gasteiger charge is -2.57. The molecule has 0 radical (unpaired) electrons. The highest BCUT2D eigenvalue weighted by Crippen LogP contribution is 2.61. The van der Waals surface area contributed by atoms with Crippen LogP contribution in [-0.4, -0.2) is 49.8 Å². The zero-order valence-electron chi connectivity index (χ0n) is 11.2. The highest BCUT2D eigenvalue weighted by atomic mass is 16.2. The van der Waals surface area contributed by atoms with Crippen LogP contribution in [0.25, 0.3) is 0 Å². The maximum absolute atomic E-state index is 11.7. The summed E-state index contributed by atoms with van der Waals surface area (Å²) in [6.07, 6.45) is 3.95. The maximum atomic E-state index is 11.7. The molecule has 17 heavy (non-hydrogen) atoms. The van der Waals surface area contributed by atoms with E-state index in [0.717, 1.165) is 25.7 Å². The van der Waals surface area contributed by atoms with E-state index < -0.39 is 0 Å². The van der Waals surface area contributed by atoms with E-state index in [2.05, 4.69) is 0 Å². The first-order valence-electron chi connectivity index (χ1n) is 6.27. The van der Waals surface area contributed by atoms with E-state index in [0.29, 0.717) is 5.41 Å². The molecule has 0 unspecified atom stereocenters. The van der Waals surface area contributed by atoms with Crippen molar-refractivity contribution in [3.8, 4) is 0 Å². The molecule has 4 heteroatoms. The van der Waals surface area contributed by atoms with Crippen molar-refractivity contribution in [2.24, 2.45) is 17.3 Å². The molecule has 0 aliphatic heterocycles. The van der Waals surface area contributed by atoms with Gasteiger partial charge in [0.1, 0.15) is 0 Å². The Morgan fingerprint density at radius 1 is 0.824 bits per heavy atom. The predicted molar refractivity (Wildman–Crippen MR) is 65.3 cm³/mol. The Hall–Kier alpha value is -1.06. The Labute approximate surface area is 103 Å². The summed E-state index contributed by atoms with van der Waals surface area (Å²) in [6.45, 7) is 0. The number of carbonyl (C=O) groups is 2. The quantitative estimate of drug-likeness (QED) is 0.719. The normalized spacial score (nSPS) is 34.8. The second-order valence-corrected chi connectivity index (χ2v) is 6.18. The first-order chi connectivity index (χ1) is 7.84. The highest BCUT2D eigenvalue weighted by Gasteiger charge is 2.56. The van der Waals surface area contributed by atoms with Gasteiger partial charge in [0, 0.05) is 40.0 Å².